The number of aromatic nitrogens is 1. The highest BCUT2D eigenvalue weighted by atomic mass is 16.4. The Hall–Kier alpha value is -3.59. The molecule has 0 fully saturated rings. The van der Waals surface area contributed by atoms with E-state index in [1.807, 2.05) is 13.0 Å². The van der Waals surface area contributed by atoms with Crippen LogP contribution in [-0.2, 0) is 11.2 Å². The van der Waals surface area contributed by atoms with E-state index >= 15 is 0 Å². The average Bonchev–Trinajstić information content (AvgIpc) is 3.13. The molecule has 3 heteroatoms. The Balaban J connectivity index is 1.77. The van der Waals surface area contributed by atoms with Gasteiger partial charge >= 0.3 is 5.97 Å². The van der Waals surface area contributed by atoms with Crippen LogP contribution in [0.15, 0.2) is 96.7 Å². The number of hydrogen-bond acceptors (Lipinski definition) is 1. The first kappa shape index (κ1) is 19.7. The second-order valence-electron chi connectivity index (χ2n) is 7.85. The van der Waals surface area contributed by atoms with Crippen LogP contribution in [0.2, 0.25) is 0 Å². The third-order valence-electron chi connectivity index (χ3n) is 5.42. The monoisotopic (exact) mass is 395 g/mol. The minimum atomic E-state index is -0.900. The summed E-state index contributed by atoms with van der Waals surface area (Å²) in [5, 5.41) is 10.1. The smallest absolute Gasteiger partial charge is 0.328 e. The van der Waals surface area contributed by atoms with Crippen LogP contribution in [-0.4, -0.2) is 15.6 Å². The lowest BCUT2D eigenvalue weighted by Crippen LogP contribution is -2.11. The normalized spacial score (nSPS) is 12.8. The molecule has 1 heterocycles. The van der Waals surface area contributed by atoms with Crippen molar-refractivity contribution in [1.29, 1.82) is 0 Å². The van der Waals surface area contributed by atoms with E-state index in [9.17, 15) is 4.79 Å². The van der Waals surface area contributed by atoms with Gasteiger partial charge < -0.3 is 9.67 Å². The van der Waals surface area contributed by atoms with E-state index in [1.165, 1.54) is 22.8 Å². The van der Waals surface area contributed by atoms with Crippen molar-refractivity contribution in [3.05, 3.63) is 119 Å². The van der Waals surface area contributed by atoms with Crippen molar-refractivity contribution in [2.45, 2.75) is 26.3 Å². The molecule has 4 aromatic rings. The molecule has 0 saturated heterocycles. The van der Waals surface area contributed by atoms with Crippen LogP contribution in [0.3, 0.4) is 0 Å². The summed E-state index contributed by atoms with van der Waals surface area (Å²) in [4.78, 5) is 10.9. The molecule has 0 radical (unpaired) electrons. The van der Waals surface area contributed by atoms with E-state index in [1.54, 1.807) is 0 Å². The fourth-order valence-corrected chi connectivity index (χ4v) is 4.03. The Morgan fingerprint density at radius 2 is 1.67 bits per heavy atom. The van der Waals surface area contributed by atoms with Gasteiger partial charge in [-0.1, -0.05) is 71.8 Å². The van der Waals surface area contributed by atoms with Gasteiger partial charge in [-0.15, -0.1) is 0 Å². The van der Waals surface area contributed by atoms with E-state index in [0.717, 1.165) is 22.0 Å². The predicted molar refractivity (Wildman–Crippen MR) is 122 cm³/mol. The van der Waals surface area contributed by atoms with E-state index < -0.39 is 5.97 Å². The van der Waals surface area contributed by atoms with Crippen LogP contribution >= 0.6 is 0 Å². The van der Waals surface area contributed by atoms with Crippen LogP contribution in [0.25, 0.3) is 10.9 Å². The van der Waals surface area contributed by atoms with Gasteiger partial charge in [-0.05, 0) is 60.5 Å². The van der Waals surface area contributed by atoms with Crippen molar-refractivity contribution in [3.63, 3.8) is 0 Å². The summed E-state index contributed by atoms with van der Waals surface area (Å²) in [7, 11) is 0. The Morgan fingerprint density at radius 3 is 2.37 bits per heavy atom. The number of carboxylic acid groups (broad SMARTS) is 1. The van der Waals surface area contributed by atoms with Gasteiger partial charge in [0, 0.05) is 17.8 Å². The molecule has 0 aliphatic heterocycles. The lowest BCUT2D eigenvalue weighted by Gasteiger charge is -2.22. The van der Waals surface area contributed by atoms with E-state index in [2.05, 4.69) is 90.5 Å². The zero-order valence-corrected chi connectivity index (χ0v) is 17.2. The third kappa shape index (κ3) is 4.20. The Bertz CT molecular complexity index is 1200. The molecule has 0 aliphatic rings. The quantitative estimate of drug-likeness (QED) is 0.397. The molecule has 0 saturated carbocycles. The maximum Gasteiger partial charge on any atom is 0.328 e. The molecule has 4 rings (SSSR count). The maximum atomic E-state index is 10.9. The standard InChI is InChI=1S/C27H25NO2/c1-19-8-11-23(12-9-19)27(22-6-4-3-5-7-22)28-15-14-24-18-21(10-13-25(24)28)16-20(2)17-26(29)30/h3-15,17-18,27H,16H2,1-2H3,(H,29,30). The second-order valence-corrected chi connectivity index (χ2v) is 7.85. The molecule has 150 valence electrons. The first-order chi connectivity index (χ1) is 14.5. The second kappa shape index (κ2) is 8.42. The van der Waals surface area contributed by atoms with Crippen molar-refractivity contribution in [2.75, 3.05) is 0 Å². The highest BCUT2D eigenvalue weighted by Gasteiger charge is 2.18. The first-order valence-electron chi connectivity index (χ1n) is 10.1. The van der Waals surface area contributed by atoms with Crippen LogP contribution in [0.1, 0.15) is 35.2 Å². The number of carboxylic acids is 1. The average molecular weight is 396 g/mol. The van der Waals surface area contributed by atoms with Crippen LogP contribution < -0.4 is 0 Å². The van der Waals surface area contributed by atoms with Gasteiger partial charge in [-0.3, -0.25) is 0 Å². The zero-order chi connectivity index (χ0) is 21.1. The molecule has 1 unspecified atom stereocenters. The van der Waals surface area contributed by atoms with Crippen molar-refractivity contribution < 1.29 is 9.90 Å². The largest absolute Gasteiger partial charge is 0.478 e. The van der Waals surface area contributed by atoms with Gasteiger partial charge in [-0.2, -0.15) is 0 Å². The van der Waals surface area contributed by atoms with Crippen molar-refractivity contribution in [2.24, 2.45) is 0 Å². The fraction of sp³-hybridized carbons (Fsp3) is 0.148. The molecule has 1 aromatic heterocycles. The van der Waals surface area contributed by atoms with Gasteiger partial charge in [-0.25, -0.2) is 4.79 Å². The molecule has 0 spiro atoms. The molecule has 1 atom stereocenters. The summed E-state index contributed by atoms with van der Waals surface area (Å²) in [6.45, 7) is 3.96. The van der Waals surface area contributed by atoms with Crippen LogP contribution in [0.4, 0.5) is 0 Å². The number of rotatable bonds is 6. The lowest BCUT2D eigenvalue weighted by atomic mass is 9.97. The Kier molecular flexibility index (Phi) is 5.53. The van der Waals surface area contributed by atoms with Gasteiger partial charge in [0.25, 0.3) is 0 Å². The summed E-state index contributed by atoms with van der Waals surface area (Å²) in [5.74, 6) is -0.900. The number of allylic oxidation sites excluding steroid dienone is 1. The Labute approximate surface area is 176 Å². The molecular formula is C27H25NO2. The summed E-state index contributed by atoms with van der Waals surface area (Å²) < 4.78 is 2.32. The van der Waals surface area contributed by atoms with Crippen molar-refractivity contribution in [3.8, 4) is 0 Å². The van der Waals surface area contributed by atoms with Crippen molar-refractivity contribution >= 4 is 16.9 Å². The molecule has 3 aromatic carbocycles. The minimum Gasteiger partial charge on any atom is -0.478 e. The van der Waals surface area contributed by atoms with Gasteiger partial charge in [0.1, 0.15) is 0 Å². The molecule has 0 aliphatic carbocycles. The number of nitrogens with zero attached hydrogens (tertiary/aromatic N) is 1. The first-order valence-corrected chi connectivity index (χ1v) is 10.1. The number of hydrogen-bond donors (Lipinski definition) is 1. The summed E-state index contributed by atoms with van der Waals surface area (Å²) in [5.41, 5.74) is 6.84. The highest BCUT2D eigenvalue weighted by molar-refractivity contribution is 5.82. The van der Waals surface area contributed by atoms with Gasteiger partial charge in [0.15, 0.2) is 0 Å². The molecular weight excluding hydrogens is 370 g/mol. The molecule has 0 amide bonds. The molecule has 3 nitrogen and oxygen atoms in total. The zero-order valence-electron chi connectivity index (χ0n) is 17.2. The number of aliphatic carboxylic acids is 1. The number of carbonyl (C=O) groups is 1. The summed E-state index contributed by atoms with van der Waals surface area (Å²) in [6, 6.07) is 27.9. The van der Waals surface area contributed by atoms with Crippen molar-refractivity contribution in [1.82, 2.24) is 4.57 Å². The van der Waals surface area contributed by atoms with E-state index in [0.29, 0.717) is 6.42 Å². The third-order valence-corrected chi connectivity index (χ3v) is 5.42. The van der Waals surface area contributed by atoms with Crippen LogP contribution in [0.5, 0.6) is 0 Å². The summed E-state index contributed by atoms with van der Waals surface area (Å²) >= 11 is 0. The number of fused-ring (bicyclic) bond motifs is 1. The lowest BCUT2D eigenvalue weighted by molar-refractivity contribution is -0.131. The number of aryl methyl sites for hydroxylation is 1. The van der Waals surface area contributed by atoms with E-state index in [-0.39, 0.29) is 6.04 Å². The molecule has 0 bridgehead atoms. The van der Waals surface area contributed by atoms with Gasteiger partial charge in [0.2, 0.25) is 0 Å². The summed E-state index contributed by atoms with van der Waals surface area (Å²) in [6.07, 6.45) is 4.05. The minimum absolute atomic E-state index is 0.0868. The predicted octanol–water partition coefficient (Wildman–Crippen LogP) is 6.16. The molecule has 30 heavy (non-hydrogen) atoms. The highest BCUT2D eigenvalue weighted by Crippen LogP contribution is 2.31. The van der Waals surface area contributed by atoms with E-state index in [4.69, 9.17) is 5.11 Å². The maximum absolute atomic E-state index is 10.9. The van der Waals surface area contributed by atoms with Gasteiger partial charge in [0.05, 0.1) is 6.04 Å². The fourth-order valence-electron chi connectivity index (χ4n) is 4.03. The topological polar surface area (TPSA) is 42.2 Å². The Morgan fingerprint density at radius 1 is 0.967 bits per heavy atom. The van der Waals surface area contributed by atoms with Crippen LogP contribution in [0, 0.1) is 6.92 Å². The SMILES string of the molecule is CC(=CC(=O)O)Cc1ccc2c(ccn2C(c2ccccc2)c2ccc(C)cc2)c1. The number of benzene rings is 3. The molecule has 1 N–H and O–H groups in total.